The van der Waals surface area contributed by atoms with Gasteiger partial charge in [-0.05, 0) is 38.9 Å². The first-order valence-corrected chi connectivity index (χ1v) is 7.05. The molecule has 102 valence electrons. The average molecular weight is 257 g/mol. The number of para-hydroxylation sites is 1. The number of fused-ring (bicyclic) bond motifs is 1. The summed E-state index contributed by atoms with van der Waals surface area (Å²) in [5, 5.41) is 4.94. The normalized spacial score (nSPS) is 22.4. The molecule has 1 unspecified atom stereocenters. The molecule has 19 heavy (non-hydrogen) atoms. The lowest BCUT2D eigenvalue weighted by Gasteiger charge is -2.24. The fourth-order valence-electron chi connectivity index (χ4n) is 3.10. The summed E-state index contributed by atoms with van der Waals surface area (Å²) in [4.78, 5) is 5.83. The number of aromatic amines is 1. The van der Waals surface area contributed by atoms with Crippen molar-refractivity contribution in [1.82, 2.24) is 15.2 Å². The van der Waals surface area contributed by atoms with Gasteiger partial charge in [0.15, 0.2) is 0 Å². The molecule has 1 fully saturated rings. The van der Waals surface area contributed by atoms with Crippen molar-refractivity contribution in [3.63, 3.8) is 0 Å². The van der Waals surface area contributed by atoms with Crippen LogP contribution < -0.4 is 5.32 Å². The van der Waals surface area contributed by atoms with Crippen LogP contribution in [0, 0.1) is 0 Å². The zero-order valence-electron chi connectivity index (χ0n) is 12.0. The third-order valence-corrected chi connectivity index (χ3v) is 4.28. The van der Waals surface area contributed by atoms with E-state index in [0.29, 0.717) is 6.04 Å². The number of nitrogens with one attached hydrogen (secondary N) is 2. The molecule has 2 heterocycles. The van der Waals surface area contributed by atoms with Crippen LogP contribution in [0.1, 0.15) is 25.8 Å². The van der Waals surface area contributed by atoms with E-state index in [0.717, 1.165) is 13.1 Å². The Labute approximate surface area is 115 Å². The van der Waals surface area contributed by atoms with E-state index in [-0.39, 0.29) is 5.54 Å². The minimum absolute atomic E-state index is 0.277. The molecule has 0 aliphatic carbocycles. The number of H-pyrrole nitrogens is 1. The van der Waals surface area contributed by atoms with Gasteiger partial charge in [0.25, 0.3) is 0 Å². The minimum atomic E-state index is 0.277. The molecule has 1 aromatic heterocycles. The van der Waals surface area contributed by atoms with Crippen molar-refractivity contribution < 1.29 is 0 Å². The topological polar surface area (TPSA) is 31.1 Å². The summed E-state index contributed by atoms with van der Waals surface area (Å²) >= 11 is 0. The zero-order valence-corrected chi connectivity index (χ0v) is 12.0. The van der Waals surface area contributed by atoms with Crippen molar-refractivity contribution in [3.8, 4) is 0 Å². The van der Waals surface area contributed by atoms with Gasteiger partial charge in [0.05, 0.1) is 0 Å². The van der Waals surface area contributed by atoms with Crippen LogP contribution >= 0.6 is 0 Å². The second-order valence-corrected chi connectivity index (χ2v) is 6.40. The first-order chi connectivity index (χ1) is 9.05. The number of benzene rings is 1. The summed E-state index contributed by atoms with van der Waals surface area (Å²) in [5.74, 6) is 0. The molecule has 3 nitrogen and oxygen atoms in total. The second-order valence-electron chi connectivity index (χ2n) is 6.40. The Morgan fingerprint density at radius 1 is 1.32 bits per heavy atom. The Bertz CT molecular complexity index is 570. The fraction of sp³-hybridized carbons (Fsp3) is 0.500. The van der Waals surface area contributed by atoms with Gasteiger partial charge in [0.1, 0.15) is 0 Å². The molecule has 3 heteroatoms. The maximum Gasteiger partial charge on any atom is 0.0457 e. The number of nitrogens with zero attached hydrogens (tertiary/aromatic N) is 1. The molecular formula is C16H23N3. The van der Waals surface area contributed by atoms with Gasteiger partial charge in [-0.25, -0.2) is 0 Å². The van der Waals surface area contributed by atoms with Crippen LogP contribution in [0.15, 0.2) is 30.5 Å². The highest BCUT2D eigenvalue weighted by Crippen LogP contribution is 2.24. The van der Waals surface area contributed by atoms with Crippen molar-refractivity contribution in [2.75, 3.05) is 13.6 Å². The van der Waals surface area contributed by atoms with Gasteiger partial charge in [-0.2, -0.15) is 0 Å². The minimum Gasteiger partial charge on any atom is -0.361 e. The van der Waals surface area contributed by atoms with E-state index in [2.05, 4.69) is 66.6 Å². The fourth-order valence-corrected chi connectivity index (χ4v) is 3.10. The van der Waals surface area contributed by atoms with Crippen LogP contribution in [0.4, 0.5) is 0 Å². The summed E-state index contributed by atoms with van der Waals surface area (Å²) in [5.41, 5.74) is 2.90. The Hall–Kier alpha value is -1.32. The smallest absolute Gasteiger partial charge is 0.0457 e. The lowest BCUT2D eigenvalue weighted by molar-refractivity contribution is 0.241. The lowest BCUT2D eigenvalue weighted by Crippen LogP contribution is -2.32. The van der Waals surface area contributed by atoms with Crippen molar-refractivity contribution in [3.05, 3.63) is 36.0 Å². The van der Waals surface area contributed by atoms with Crippen molar-refractivity contribution >= 4 is 10.9 Å². The summed E-state index contributed by atoms with van der Waals surface area (Å²) < 4.78 is 0. The molecule has 1 aliphatic heterocycles. The predicted molar refractivity (Wildman–Crippen MR) is 80.3 cm³/mol. The molecule has 1 aromatic carbocycles. The van der Waals surface area contributed by atoms with Gasteiger partial charge in [0.2, 0.25) is 0 Å². The monoisotopic (exact) mass is 257 g/mol. The molecule has 3 rings (SSSR count). The van der Waals surface area contributed by atoms with E-state index in [4.69, 9.17) is 0 Å². The number of aromatic nitrogens is 1. The lowest BCUT2D eigenvalue weighted by atomic mass is 10.0. The number of likely N-dealkylation sites (N-methyl/N-ethyl adjacent to an activating group) is 1. The average Bonchev–Trinajstić information content (AvgIpc) is 2.94. The quantitative estimate of drug-likeness (QED) is 0.886. The van der Waals surface area contributed by atoms with Gasteiger partial charge in [-0.3, -0.25) is 4.90 Å². The molecule has 2 aromatic rings. The molecule has 0 saturated carbocycles. The van der Waals surface area contributed by atoms with Crippen LogP contribution in [0.25, 0.3) is 10.9 Å². The van der Waals surface area contributed by atoms with Crippen molar-refractivity contribution in [2.45, 2.75) is 38.4 Å². The predicted octanol–water partition coefficient (Wildman–Crippen LogP) is 2.74. The number of hydrogen-bond donors (Lipinski definition) is 2. The largest absolute Gasteiger partial charge is 0.361 e. The molecule has 0 amide bonds. The Morgan fingerprint density at radius 2 is 2.11 bits per heavy atom. The second kappa shape index (κ2) is 4.66. The molecule has 0 spiro atoms. The summed E-state index contributed by atoms with van der Waals surface area (Å²) in [7, 11) is 2.23. The van der Waals surface area contributed by atoms with Crippen LogP contribution in [-0.4, -0.2) is 35.1 Å². The van der Waals surface area contributed by atoms with Crippen LogP contribution in [0.2, 0.25) is 0 Å². The van der Waals surface area contributed by atoms with E-state index in [1.807, 2.05) is 0 Å². The zero-order chi connectivity index (χ0) is 13.5. The third kappa shape index (κ3) is 2.53. The van der Waals surface area contributed by atoms with Crippen LogP contribution in [-0.2, 0) is 6.54 Å². The van der Waals surface area contributed by atoms with Crippen LogP contribution in [0.3, 0.4) is 0 Å². The van der Waals surface area contributed by atoms with Crippen LogP contribution in [0.5, 0.6) is 0 Å². The van der Waals surface area contributed by atoms with E-state index >= 15 is 0 Å². The maximum absolute atomic E-state index is 3.59. The first kappa shape index (κ1) is 12.7. The SMILES string of the molecule is CN(Cc1c[nH]c2ccccc12)C1CNC(C)(C)C1. The Kier molecular flexibility index (Phi) is 3.11. The first-order valence-electron chi connectivity index (χ1n) is 7.05. The van der Waals surface area contributed by atoms with Crippen molar-refractivity contribution in [2.24, 2.45) is 0 Å². The van der Waals surface area contributed by atoms with Crippen molar-refractivity contribution in [1.29, 1.82) is 0 Å². The molecule has 1 saturated heterocycles. The highest BCUT2D eigenvalue weighted by atomic mass is 15.2. The van der Waals surface area contributed by atoms with E-state index in [9.17, 15) is 0 Å². The molecule has 2 N–H and O–H groups in total. The maximum atomic E-state index is 3.59. The van der Waals surface area contributed by atoms with Gasteiger partial charge in [-0.15, -0.1) is 0 Å². The third-order valence-electron chi connectivity index (χ3n) is 4.28. The molecule has 1 aliphatic rings. The van der Waals surface area contributed by atoms with Gasteiger partial charge < -0.3 is 10.3 Å². The standard InChI is InChI=1S/C16H23N3/c1-16(2)8-13(10-18-16)19(3)11-12-9-17-15-7-5-4-6-14(12)15/h4-7,9,13,17-18H,8,10-11H2,1-3H3. The van der Waals surface area contributed by atoms with Gasteiger partial charge in [0, 0.05) is 41.8 Å². The number of rotatable bonds is 3. The summed E-state index contributed by atoms with van der Waals surface area (Å²) in [6.45, 7) is 6.66. The Balaban J connectivity index is 1.75. The molecule has 0 radical (unpaired) electrons. The highest BCUT2D eigenvalue weighted by Gasteiger charge is 2.32. The van der Waals surface area contributed by atoms with Gasteiger partial charge >= 0.3 is 0 Å². The van der Waals surface area contributed by atoms with Gasteiger partial charge in [-0.1, -0.05) is 18.2 Å². The number of hydrogen-bond acceptors (Lipinski definition) is 2. The van der Waals surface area contributed by atoms with E-state index in [1.54, 1.807) is 0 Å². The molecule has 1 atom stereocenters. The molecule has 0 bridgehead atoms. The summed E-state index contributed by atoms with van der Waals surface area (Å²) in [6.07, 6.45) is 3.36. The highest BCUT2D eigenvalue weighted by molar-refractivity contribution is 5.82. The Morgan fingerprint density at radius 3 is 2.84 bits per heavy atom. The molecular weight excluding hydrogens is 234 g/mol. The summed E-state index contributed by atoms with van der Waals surface area (Å²) in [6, 6.07) is 9.16. The van der Waals surface area contributed by atoms with E-state index < -0.39 is 0 Å². The van der Waals surface area contributed by atoms with E-state index in [1.165, 1.54) is 22.9 Å².